The van der Waals surface area contributed by atoms with Crippen LogP contribution in [0.2, 0.25) is 0 Å². The fourth-order valence-electron chi connectivity index (χ4n) is 1.91. The summed E-state index contributed by atoms with van der Waals surface area (Å²) in [6, 6.07) is 1.15. The van der Waals surface area contributed by atoms with Gasteiger partial charge in [-0.05, 0) is 26.9 Å². The van der Waals surface area contributed by atoms with Crippen LogP contribution in [0.5, 0.6) is 0 Å². The van der Waals surface area contributed by atoms with Crippen LogP contribution < -0.4 is 5.32 Å². The zero-order chi connectivity index (χ0) is 11.0. The van der Waals surface area contributed by atoms with E-state index in [1.807, 2.05) is 7.05 Å². The number of methoxy groups -OCH3 is 1. The molecule has 0 amide bonds. The van der Waals surface area contributed by atoms with Crippen LogP contribution in [0.15, 0.2) is 0 Å². The Labute approximate surface area is 88.8 Å². The van der Waals surface area contributed by atoms with Crippen molar-refractivity contribution >= 4 is 0 Å². The molecule has 0 fully saturated rings. The van der Waals surface area contributed by atoms with E-state index < -0.39 is 0 Å². The lowest BCUT2D eigenvalue weighted by atomic mass is 10.1. The molecule has 0 aromatic heterocycles. The topological polar surface area (TPSA) is 24.5 Å². The molecule has 0 aliphatic carbocycles. The number of nitrogens with zero attached hydrogens (tertiary/aromatic N) is 1. The second kappa shape index (κ2) is 8.21. The standard InChI is InChI=1S/C11H26N2O/c1-6-10(7-2)13(4)11(8-12-3)9-14-5/h10-12H,6-9H2,1-5H3. The van der Waals surface area contributed by atoms with E-state index in [9.17, 15) is 0 Å². The summed E-state index contributed by atoms with van der Waals surface area (Å²) in [4.78, 5) is 2.43. The smallest absolute Gasteiger partial charge is 0.0630 e. The van der Waals surface area contributed by atoms with Crippen LogP contribution in [0, 0.1) is 0 Å². The first-order chi connectivity index (χ1) is 6.71. The van der Waals surface area contributed by atoms with Crippen LogP contribution in [0.3, 0.4) is 0 Å². The zero-order valence-corrected chi connectivity index (χ0v) is 10.3. The lowest BCUT2D eigenvalue weighted by molar-refractivity contribution is 0.0773. The van der Waals surface area contributed by atoms with Gasteiger partial charge in [-0.2, -0.15) is 0 Å². The quantitative estimate of drug-likeness (QED) is 0.643. The molecule has 1 atom stereocenters. The van der Waals surface area contributed by atoms with E-state index in [0.717, 1.165) is 13.2 Å². The van der Waals surface area contributed by atoms with E-state index >= 15 is 0 Å². The third kappa shape index (κ3) is 4.40. The van der Waals surface area contributed by atoms with Gasteiger partial charge in [-0.15, -0.1) is 0 Å². The predicted molar refractivity (Wildman–Crippen MR) is 61.7 cm³/mol. The first-order valence-corrected chi connectivity index (χ1v) is 5.56. The molecule has 14 heavy (non-hydrogen) atoms. The largest absolute Gasteiger partial charge is 0.383 e. The maximum atomic E-state index is 5.24. The summed E-state index contributed by atoms with van der Waals surface area (Å²) in [5.41, 5.74) is 0. The minimum absolute atomic E-state index is 0.481. The summed E-state index contributed by atoms with van der Waals surface area (Å²) in [5, 5.41) is 3.21. The molecule has 3 nitrogen and oxygen atoms in total. The van der Waals surface area contributed by atoms with Crippen molar-refractivity contribution in [2.75, 3.05) is 34.4 Å². The Kier molecular flexibility index (Phi) is 8.14. The van der Waals surface area contributed by atoms with Gasteiger partial charge in [0.05, 0.1) is 6.61 Å². The monoisotopic (exact) mass is 202 g/mol. The van der Waals surface area contributed by atoms with E-state index in [-0.39, 0.29) is 0 Å². The highest BCUT2D eigenvalue weighted by molar-refractivity contribution is 4.76. The van der Waals surface area contributed by atoms with Gasteiger partial charge >= 0.3 is 0 Å². The van der Waals surface area contributed by atoms with Gasteiger partial charge in [-0.3, -0.25) is 4.90 Å². The van der Waals surface area contributed by atoms with Crippen molar-refractivity contribution in [2.24, 2.45) is 0 Å². The number of rotatable bonds is 8. The van der Waals surface area contributed by atoms with Crippen LogP contribution in [-0.2, 0) is 4.74 Å². The molecule has 0 heterocycles. The van der Waals surface area contributed by atoms with Crippen molar-refractivity contribution in [3.05, 3.63) is 0 Å². The van der Waals surface area contributed by atoms with Crippen LogP contribution in [0.1, 0.15) is 26.7 Å². The van der Waals surface area contributed by atoms with Gasteiger partial charge in [-0.1, -0.05) is 13.8 Å². The van der Waals surface area contributed by atoms with Crippen LogP contribution in [0.4, 0.5) is 0 Å². The molecule has 1 unspecified atom stereocenters. The fourth-order valence-corrected chi connectivity index (χ4v) is 1.91. The van der Waals surface area contributed by atoms with Crippen molar-refractivity contribution < 1.29 is 4.74 Å². The minimum Gasteiger partial charge on any atom is -0.383 e. The van der Waals surface area contributed by atoms with E-state index in [1.165, 1.54) is 12.8 Å². The molecule has 0 spiro atoms. The molecule has 0 rings (SSSR count). The second-order valence-corrected chi connectivity index (χ2v) is 3.80. The number of hydrogen-bond donors (Lipinski definition) is 1. The molecule has 0 aliphatic rings. The molecule has 0 aliphatic heterocycles. The van der Waals surface area contributed by atoms with Gasteiger partial charge in [0.15, 0.2) is 0 Å². The van der Waals surface area contributed by atoms with Gasteiger partial charge in [0.25, 0.3) is 0 Å². The van der Waals surface area contributed by atoms with Gasteiger partial charge in [0.2, 0.25) is 0 Å². The minimum atomic E-state index is 0.481. The van der Waals surface area contributed by atoms with Gasteiger partial charge in [-0.25, -0.2) is 0 Å². The maximum Gasteiger partial charge on any atom is 0.0630 e. The number of ether oxygens (including phenoxy) is 1. The summed E-state index contributed by atoms with van der Waals surface area (Å²) in [6.07, 6.45) is 2.41. The zero-order valence-electron chi connectivity index (χ0n) is 10.3. The summed E-state index contributed by atoms with van der Waals surface area (Å²) in [6.45, 7) is 6.27. The van der Waals surface area contributed by atoms with E-state index in [4.69, 9.17) is 4.74 Å². The Hall–Kier alpha value is -0.120. The first-order valence-electron chi connectivity index (χ1n) is 5.56. The molecule has 86 valence electrons. The SMILES string of the molecule is CCC(CC)N(C)C(CNC)COC. The molecule has 0 bridgehead atoms. The second-order valence-electron chi connectivity index (χ2n) is 3.80. The molecule has 3 heteroatoms. The normalized spacial score (nSPS) is 13.9. The maximum absolute atomic E-state index is 5.24. The highest BCUT2D eigenvalue weighted by Gasteiger charge is 2.19. The fraction of sp³-hybridized carbons (Fsp3) is 1.00. The number of nitrogens with one attached hydrogen (secondary N) is 1. The van der Waals surface area contributed by atoms with Crippen LogP contribution >= 0.6 is 0 Å². The molecule has 0 aromatic rings. The number of hydrogen-bond acceptors (Lipinski definition) is 3. The van der Waals surface area contributed by atoms with E-state index in [0.29, 0.717) is 12.1 Å². The summed E-state index contributed by atoms with van der Waals surface area (Å²) < 4.78 is 5.24. The van der Waals surface area contributed by atoms with Gasteiger partial charge in [0, 0.05) is 25.7 Å². The molecule has 0 saturated carbocycles. The third-order valence-electron chi connectivity index (χ3n) is 2.89. The van der Waals surface area contributed by atoms with Crippen molar-refractivity contribution in [3.8, 4) is 0 Å². The Morgan fingerprint density at radius 3 is 2.14 bits per heavy atom. The summed E-state index contributed by atoms with van der Waals surface area (Å²) in [5.74, 6) is 0. The lowest BCUT2D eigenvalue weighted by Gasteiger charge is -2.33. The average Bonchev–Trinajstić information content (AvgIpc) is 2.19. The third-order valence-corrected chi connectivity index (χ3v) is 2.89. The molecular formula is C11H26N2O. The highest BCUT2D eigenvalue weighted by Crippen LogP contribution is 2.10. The van der Waals surface area contributed by atoms with E-state index in [1.54, 1.807) is 7.11 Å². The molecule has 0 saturated heterocycles. The molecule has 1 N–H and O–H groups in total. The molecule has 0 radical (unpaired) electrons. The van der Waals surface area contributed by atoms with Crippen molar-refractivity contribution in [3.63, 3.8) is 0 Å². The molecular weight excluding hydrogens is 176 g/mol. The first kappa shape index (κ1) is 13.9. The Morgan fingerprint density at radius 1 is 1.21 bits per heavy atom. The Balaban J connectivity index is 4.16. The molecule has 0 aromatic carbocycles. The van der Waals surface area contributed by atoms with Gasteiger partial charge in [0.1, 0.15) is 0 Å². The van der Waals surface area contributed by atoms with E-state index in [2.05, 4.69) is 31.1 Å². The Bertz CT molecular complexity index is 120. The summed E-state index contributed by atoms with van der Waals surface area (Å²) >= 11 is 0. The highest BCUT2D eigenvalue weighted by atomic mass is 16.5. The predicted octanol–water partition coefficient (Wildman–Crippen LogP) is 1.34. The summed E-state index contributed by atoms with van der Waals surface area (Å²) in [7, 11) is 5.95. The Morgan fingerprint density at radius 2 is 1.79 bits per heavy atom. The van der Waals surface area contributed by atoms with Crippen LogP contribution in [-0.4, -0.2) is 51.3 Å². The van der Waals surface area contributed by atoms with Crippen LogP contribution in [0.25, 0.3) is 0 Å². The average molecular weight is 202 g/mol. The van der Waals surface area contributed by atoms with Crippen molar-refractivity contribution in [2.45, 2.75) is 38.8 Å². The van der Waals surface area contributed by atoms with Gasteiger partial charge < -0.3 is 10.1 Å². The lowest BCUT2D eigenvalue weighted by Crippen LogP contribution is -2.47. The van der Waals surface area contributed by atoms with Crippen molar-refractivity contribution in [1.29, 1.82) is 0 Å². The number of likely N-dealkylation sites (N-methyl/N-ethyl adjacent to an activating group) is 2. The van der Waals surface area contributed by atoms with Crippen molar-refractivity contribution in [1.82, 2.24) is 10.2 Å².